The lowest BCUT2D eigenvalue weighted by molar-refractivity contribution is 0.0838. The summed E-state index contributed by atoms with van der Waals surface area (Å²) in [4.78, 5) is 2.86. The van der Waals surface area contributed by atoms with E-state index in [1.807, 2.05) is 29.3 Å². The van der Waals surface area contributed by atoms with Gasteiger partial charge in [-0.05, 0) is 30.0 Å². The van der Waals surface area contributed by atoms with E-state index in [-0.39, 0.29) is 11.5 Å². The highest BCUT2D eigenvalue weighted by Gasteiger charge is 2.31. The third-order valence-corrected chi connectivity index (χ3v) is 5.98. The van der Waals surface area contributed by atoms with E-state index in [1.165, 1.54) is 15.4 Å². The minimum absolute atomic E-state index is 0.170. The molecule has 3 rings (SSSR count). The predicted octanol–water partition coefficient (Wildman–Crippen LogP) is 3.65. The molecule has 0 radical (unpaired) electrons. The van der Waals surface area contributed by atoms with E-state index in [0.29, 0.717) is 5.92 Å². The average Bonchev–Trinajstić information content (AvgIpc) is 3.18. The van der Waals surface area contributed by atoms with Gasteiger partial charge >= 0.3 is 0 Å². The van der Waals surface area contributed by atoms with Gasteiger partial charge in [-0.3, -0.25) is 4.68 Å². The first-order valence-corrected chi connectivity index (χ1v) is 9.16. The Morgan fingerprint density at radius 3 is 2.83 bits per heavy atom. The third-order valence-electron chi connectivity index (χ3n) is 4.47. The molecule has 0 aromatic carbocycles. The zero-order valence-corrected chi connectivity index (χ0v) is 15.3. The van der Waals surface area contributed by atoms with E-state index in [0.717, 1.165) is 26.1 Å². The minimum Gasteiger partial charge on any atom is -0.372 e. The van der Waals surface area contributed by atoms with Gasteiger partial charge in [-0.1, -0.05) is 20.8 Å². The molecule has 0 saturated carbocycles. The smallest absolute Gasteiger partial charge is 0.103 e. The minimum atomic E-state index is 0.170. The van der Waals surface area contributed by atoms with Crippen molar-refractivity contribution in [2.24, 2.45) is 13.0 Å². The van der Waals surface area contributed by atoms with Gasteiger partial charge < -0.3 is 10.1 Å². The van der Waals surface area contributed by atoms with Crippen LogP contribution in [0.3, 0.4) is 0 Å². The van der Waals surface area contributed by atoms with E-state index in [1.54, 1.807) is 0 Å². The second-order valence-electron chi connectivity index (χ2n) is 7.37. The molecule has 2 atom stereocenters. The Bertz CT molecular complexity index is 641. The maximum atomic E-state index is 5.94. The lowest BCUT2D eigenvalue weighted by Gasteiger charge is -2.19. The molecular weight excluding hydrogens is 306 g/mol. The Balaban J connectivity index is 1.54. The van der Waals surface area contributed by atoms with Crippen molar-refractivity contribution in [3.63, 3.8) is 0 Å². The highest BCUT2D eigenvalue weighted by Crippen LogP contribution is 2.34. The van der Waals surface area contributed by atoms with Crippen LogP contribution in [0.1, 0.15) is 48.7 Å². The van der Waals surface area contributed by atoms with Crippen molar-refractivity contribution in [2.75, 3.05) is 13.2 Å². The van der Waals surface area contributed by atoms with E-state index >= 15 is 0 Å². The van der Waals surface area contributed by atoms with Crippen molar-refractivity contribution in [3.8, 4) is 0 Å². The van der Waals surface area contributed by atoms with Crippen LogP contribution in [0.2, 0.25) is 0 Å². The van der Waals surface area contributed by atoms with Gasteiger partial charge in [0.25, 0.3) is 0 Å². The van der Waals surface area contributed by atoms with Gasteiger partial charge in [-0.2, -0.15) is 5.10 Å². The molecule has 1 saturated heterocycles. The van der Waals surface area contributed by atoms with Crippen LogP contribution in [0.25, 0.3) is 0 Å². The lowest BCUT2D eigenvalue weighted by Crippen LogP contribution is -2.25. The number of nitrogens with one attached hydrogen (secondary N) is 1. The number of ether oxygens (including phenoxy) is 1. The summed E-state index contributed by atoms with van der Waals surface area (Å²) in [5.74, 6) is 0.521. The number of rotatable bonds is 5. The van der Waals surface area contributed by atoms with E-state index in [4.69, 9.17) is 4.74 Å². The molecule has 0 bridgehead atoms. The molecule has 0 spiro atoms. The molecule has 5 heteroatoms. The van der Waals surface area contributed by atoms with Gasteiger partial charge in [0, 0.05) is 48.6 Å². The first kappa shape index (κ1) is 16.7. The first-order valence-electron chi connectivity index (χ1n) is 8.34. The molecule has 0 amide bonds. The SMILES string of the molecule is Cn1nccc1[C@@H]1OCC[C@H]1CNCc1ccc(C(C)(C)C)s1. The highest BCUT2D eigenvalue weighted by atomic mass is 32.1. The van der Waals surface area contributed by atoms with Crippen LogP contribution in [-0.2, 0) is 23.7 Å². The summed E-state index contributed by atoms with van der Waals surface area (Å²) in [6.45, 7) is 9.57. The van der Waals surface area contributed by atoms with E-state index in [2.05, 4.69) is 49.4 Å². The third kappa shape index (κ3) is 3.84. The number of hydrogen-bond donors (Lipinski definition) is 1. The van der Waals surface area contributed by atoms with Gasteiger partial charge in [-0.25, -0.2) is 0 Å². The summed E-state index contributed by atoms with van der Waals surface area (Å²) < 4.78 is 7.87. The predicted molar refractivity (Wildman–Crippen MR) is 94.7 cm³/mol. The lowest BCUT2D eigenvalue weighted by atomic mass is 9.95. The van der Waals surface area contributed by atoms with Gasteiger partial charge in [0.15, 0.2) is 0 Å². The maximum absolute atomic E-state index is 5.94. The number of aromatic nitrogens is 2. The van der Waals surface area contributed by atoms with Crippen molar-refractivity contribution in [2.45, 2.75) is 45.3 Å². The zero-order chi connectivity index (χ0) is 16.4. The molecule has 2 aromatic heterocycles. The first-order chi connectivity index (χ1) is 10.9. The fourth-order valence-corrected chi connectivity index (χ4v) is 4.12. The van der Waals surface area contributed by atoms with Crippen LogP contribution in [0.4, 0.5) is 0 Å². The van der Waals surface area contributed by atoms with Crippen LogP contribution in [0.5, 0.6) is 0 Å². The number of nitrogens with zero attached hydrogens (tertiary/aromatic N) is 2. The molecule has 1 aliphatic heterocycles. The molecule has 1 N–H and O–H groups in total. The van der Waals surface area contributed by atoms with Gasteiger partial charge in [0.2, 0.25) is 0 Å². The quantitative estimate of drug-likeness (QED) is 0.908. The van der Waals surface area contributed by atoms with Crippen molar-refractivity contribution < 1.29 is 4.74 Å². The van der Waals surface area contributed by atoms with Crippen molar-refractivity contribution in [1.82, 2.24) is 15.1 Å². The standard InChI is InChI=1S/C18H27N3OS/c1-18(2,3)16-6-5-14(23-16)12-19-11-13-8-10-22-17(13)15-7-9-20-21(15)4/h5-7,9,13,17,19H,8,10-12H2,1-4H3/t13-,17+/m0/s1. The van der Waals surface area contributed by atoms with Crippen LogP contribution < -0.4 is 5.32 Å². The topological polar surface area (TPSA) is 39.1 Å². The molecule has 1 fully saturated rings. The largest absolute Gasteiger partial charge is 0.372 e. The number of hydrogen-bond acceptors (Lipinski definition) is 4. The zero-order valence-electron chi connectivity index (χ0n) is 14.5. The van der Waals surface area contributed by atoms with Crippen LogP contribution in [-0.4, -0.2) is 22.9 Å². The van der Waals surface area contributed by atoms with Crippen molar-refractivity contribution in [3.05, 3.63) is 39.8 Å². The summed E-state index contributed by atoms with van der Waals surface area (Å²) in [5.41, 5.74) is 1.42. The van der Waals surface area contributed by atoms with Crippen LogP contribution >= 0.6 is 11.3 Å². The molecule has 1 aliphatic rings. The van der Waals surface area contributed by atoms with Crippen LogP contribution in [0.15, 0.2) is 24.4 Å². The molecule has 126 valence electrons. The molecule has 23 heavy (non-hydrogen) atoms. The van der Waals surface area contributed by atoms with Crippen LogP contribution in [0, 0.1) is 5.92 Å². The Labute approximate surface area is 142 Å². The fourth-order valence-electron chi connectivity index (χ4n) is 3.09. The van der Waals surface area contributed by atoms with E-state index < -0.39 is 0 Å². The molecule has 0 aliphatic carbocycles. The summed E-state index contributed by atoms with van der Waals surface area (Å²) in [5, 5.41) is 7.89. The highest BCUT2D eigenvalue weighted by molar-refractivity contribution is 7.12. The molecule has 4 nitrogen and oxygen atoms in total. The molecule has 0 unspecified atom stereocenters. The Hall–Kier alpha value is -1.17. The van der Waals surface area contributed by atoms with Gasteiger partial charge in [0.1, 0.15) is 6.10 Å². The average molecular weight is 334 g/mol. The van der Waals surface area contributed by atoms with Crippen molar-refractivity contribution >= 4 is 11.3 Å². The number of thiophene rings is 1. The summed E-state index contributed by atoms with van der Waals surface area (Å²) in [6.07, 6.45) is 3.13. The molecular formula is C18H27N3OS. The summed E-state index contributed by atoms with van der Waals surface area (Å²) >= 11 is 1.92. The molecule has 2 aromatic rings. The van der Waals surface area contributed by atoms with Crippen molar-refractivity contribution in [1.29, 1.82) is 0 Å². The molecule has 3 heterocycles. The van der Waals surface area contributed by atoms with Gasteiger partial charge in [0.05, 0.1) is 5.69 Å². The Morgan fingerprint density at radius 1 is 1.35 bits per heavy atom. The normalized spacial score (nSPS) is 21.9. The Kier molecular flexibility index (Phi) is 4.90. The Morgan fingerprint density at radius 2 is 2.17 bits per heavy atom. The number of aryl methyl sites for hydroxylation is 1. The maximum Gasteiger partial charge on any atom is 0.103 e. The summed E-state index contributed by atoms with van der Waals surface area (Å²) in [6, 6.07) is 6.58. The fraction of sp³-hybridized carbons (Fsp3) is 0.611. The second kappa shape index (κ2) is 6.75. The monoisotopic (exact) mass is 333 g/mol. The van der Waals surface area contributed by atoms with E-state index in [9.17, 15) is 0 Å². The van der Waals surface area contributed by atoms with Gasteiger partial charge in [-0.15, -0.1) is 11.3 Å². The summed E-state index contributed by atoms with van der Waals surface area (Å²) in [7, 11) is 1.99. The second-order valence-corrected chi connectivity index (χ2v) is 8.54.